The van der Waals surface area contributed by atoms with Crippen LogP contribution >= 0.6 is 0 Å². The van der Waals surface area contributed by atoms with E-state index in [9.17, 15) is 0 Å². The zero-order valence-corrected chi connectivity index (χ0v) is 13.7. The summed E-state index contributed by atoms with van der Waals surface area (Å²) in [5.41, 5.74) is 2.60. The van der Waals surface area contributed by atoms with E-state index in [2.05, 4.69) is 29.3 Å². The minimum absolute atomic E-state index is 0.768. The van der Waals surface area contributed by atoms with Crippen molar-refractivity contribution >= 4 is 0 Å². The molecule has 118 valence electrons. The molecule has 0 amide bonds. The van der Waals surface area contributed by atoms with Crippen LogP contribution in [0, 0.1) is 12.8 Å². The first kappa shape index (κ1) is 16.1. The number of methoxy groups -OCH3 is 2. The van der Waals surface area contributed by atoms with Crippen molar-refractivity contribution in [1.29, 1.82) is 0 Å². The second kappa shape index (κ2) is 7.66. The molecule has 1 aromatic rings. The molecule has 1 saturated heterocycles. The zero-order valence-electron chi connectivity index (χ0n) is 13.7. The summed E-state index contributed by atoms with van der Waals surface area (Å²) in [5, 5.41) is 3.30. The van der Waals surface area contributed by atoms with Gasteiger partial charge in [-0.05, 0) is 69.1 Å². The highest BCUT2D eigenvalue weighted by molar-refractivity contribution is 5.47. The molecule has 0 saturated carbocycles. The van der Waals surface area contributed by atoms with E-state index >= 15 is 0 Å². The van der Waals surface area contributed by atoms with Crippen LogP contribution in [0.5, 0.6) is 11.5 Å². The van der Waals surface area contributed by atoms with Crippen LogP contribution in [0.1, 0.15) is 24.0 Å². The van der Waals surface area contributed by atoms with E-state index < -0.39 is 0 Å². The summed E-state index contributed by atoms with van der Waals surface area (Å²) >= 11 is 0. The van der Waals surface area contributed by atoms with E-state index in [0.29, 0.717) is 0 Å². The second-order valence-corrected chi connectivity index (χ2v) is 5.93. The smallest absolute Gasteiger partial charge is 0.161 e. The van der Waals surface area contributed by atoms with Gasteiger partial charge in [0.2, 0.25) is 0 Å². The van der Waals surface area contributed by atoms with Crippen molar-refractivity contribution in [3.8, 4) is 11.5 Å². The third-order valence-electron chi connectivity index (χ3n) is 4.33. The lowest BCUT2D eigenvalue weighted by Gasteiger charge is -2.33. The van der Waals surface area contributed by atoms with Gasteiger partial charge in [0.1, 0.15) is 0 Å². The molecule has 4 nitrogen and oxygen atoms in total. The topological polar surface area (TPSA) is 33.7 Å². The summed E-state index contributed by atoms with van der Waals surface area (Å²) in [7, 11) is 5.42. The predicted octanol–water partition coefficient (Wildman–Crippen LogP) is 2.44. The Hall–Kier alpha value is -1.26. The Morgan fingerprint density at radius 2 is 1.95 bits per heavy atom. The molecule has 1 heterocycles. The first-order valence-corrected chi connectivity index (χ1v) is 7.76. The number of likely N-dealkylation sites (tertiary alicyclic amines) is 1. The molecule has 0 spiro atoms. The van der Waals surface area contributed by atoms with E-state index in [-0.39, 0.29) is 0 Å². The van der Waals surface area contributed by atoms with E-state index in [4.69, 9.17) is 9.47 Å². The van der Waals surface area contributed by atoms with Gasteiger partial charge < -0.3 is 14.8 Å². The van der Waals surface area contributed by atoms with E-state index in [1.165, 1.54) is 37.1 Å². The highest BCUT2D eigenvalue weighted by Gasteiger charge is 2.20. The SMILES string of the molecule is CNCC1CCCN(Cc2cc(OC)c(OC)cc2C)C1. The molecule has 1 aliphatic rings. The number of nitrogens with one attached hydrogen (secondary N) is 1. The van der Waals surface area contributed by atoms with Gasteiger partial charge in [-0.15, -0.1) is 0 Å². The molecule has 1 N–H and O–H groups in total. The molecule has 0 bridgehead atoms. The minimum atomic E-state index is 0.768. The fourth-order valence-corrected chi connectivity index (χ4v) is 3.18. The summed E-state index contributed by atoms with van der Waals surface area (Å²) in [4.78, 5) is 2.56. The van der Waals surface area contributed by atoms with Crippen LogP contribution in [0.2, 0.25) is 0 Å². The lowest BCUT2D eigenvalue weighted by atomic mass is 9.97. The third-order valence-corrected chi connectivity index (χ3v) is 4.33. The molecule has 1 unspecified atom stereocenters. The second-order valence-electron chi connectivity index (χ2n) is 5.93. The van der Waals surface area contributed by atoms with Gasteiger partial charge in [-0.1, -0.05) is 0 Å². The minimum Gasteiger partial charge on any atom is -0.493 e. The first-order chi connectivity index (χ1) is 10.2. The predicted molar refractivity (Wildman–Crippen MR) is 86.2 cm³/mol. The van der Waals surface area contributed by atoms with Crippen LogP contribution in [-0.2, 0) is 6.54 Å². The number of ether oxygens (including phenoxy) is 2. The van der Waals surface area contributed by atoms with Crippen molar-refractivity contribution in [3.63, 3.8) is 0 Å². The van der Waals surface area contributed by atoms with Crippen LogP contribution < -0.4 is 14.8 Å². The summed E-state index contributed by atoms with van der Waals surface area (Å²) in [6.45, 7) is 6.61. The van der Waals surface area contributed by atoms with Gasteiger partial charge in [0.15, 0.2) is 11.5 Å². The van der Waals surface area contributed by atoms with Crippen LogP contribution in [0.4, 0.5) is 0 Å². The summed E-state index contributed by atoms with van der Waals surface area (Å²) in [5.74, 6) is 2.40. The molecule has 1 atom stereocenters. The first-order valence-electron chi connectivity index (χ1n) is 7.76. The van der Waals surface area contributed by atoms with Crippen molar-refractivity contribution in [2.24, 2.45) is 5.92 Å². The van der Waals surface area contributed by atoms with Crippen molar-refractivity contribution in [2.75, 3.05) is 40.9 Å². The fraction of sp³-hybridized carbons (Fsp3) is 0.647. The van der Waals surface area contributed by atoms with E-state index in [1.54, 1.807) is 14.2 Å². The number of nitrogens with zero attached hydrogens (tertiary/aromatic N) is 1. The van der Waals surface area contributed by atoms with Gasteiger partial charge in [0.25, 0.3) is 0 Å². The largest absolute Gasteiger partial charge is 0.493 e. The average molecular weight is 292 g/mol. The maximum atomic E-state index is 5.43. The molecule has 2 rings (SSSR count). The molecule has 21 heavy (non-hydrogen) atoms. The fourth-order valence-electron chi connectivity index (χ4n) is 3.18. The Morgan fingerprint density at radius 3 is 2.62 bits per heavy atom. The Bertz CT molecular complexity index is 460. The number of piperidine rings is 1. The molecule has 0 radical (unpaired) electrons. The van der Waals surface area contributed by atoms with Crippen LogP contribution in [0.15, 0.2) is 12.1 Å². The molecular formula is C17H28N2O2. The number of aryl methyl sites for hydroxylation is 1. The quantitative estimate of drug-likeness (QED) is 0.873. The average Bonchev–Trinajstić information content (AvgIpc) is 2.49. The van der Waals surface area contributed by atoms with E-state index in [0.717, 1.165) is 30.5 Å². The molecule has 1 aliphatic heterocycles. The number of rotatable bonds is 6. The highest BCUT2D eigenvalue weighted by Crippen LogP contribution is 2.31. The van der Waals surface area contributed by atoms with Gasteiger partial charge in [0, 0.05) is 13.1 Å². The van der Waals surface area contributed by atoms with Crippen LogP contribution in [-0.4, -0.2) is 45.8 Å². The number of hydrogen-bond acceptors (Lipinski definition) is 4. The Balaban J connectivity index is 2.08. The number of benzene rings is 1. The van der Waals surface area contributed by atoms with Crippen molar-refractivity contribution in [2.45, 2.75) is 26.3 Å². The lowest BCUT2D eigenvalue weighted by Crippen LogP contribution is -2.38. The molecule has 0 aromatic heterocycles. The monoisotopic (exact) mass is 292 g/mol. The summed E-state index contributed by atoms with van der Waals surface area (Å²) in [6.07, 6.45) is 2.63. The van der Waals surface area contributed by atoms with Gasteiger partial charge in [-0.25, -0.2) is 0 Å². The van der Waals surface area contributed by atoms with Gasteiger partial charge >= 0.3 is 0 Å². The normalized spacial score (nSPS) is 19.5. The summed E-state index contributed by atoms with van der Waals surface area (Å²) in [6, 6.07) is 4.19. The molecule has 4 heteroatoms. The summed E-state index contributed by atoms with van der Waals surface area (Å²) < 4.78 is 10.8. The molecule has 0 aliphatic carbocycles. The Kier molecular flexibility index (Phi) is 5.88. The highest BCUT2D eigenvalue weighted by atomic mass is 16.5. The zero-order chi connectivity index (χ0) is 15.2. The molecule has 1 aromatic carbocycles. The Labute approximate surface area is 128 Å². The standard InChI is InChI=1S/C17H28N2O2/c1-13-8-16(20-3)17(21-4)9-15(13)12-19-7-5-6-14(11-19)10-18-2/h8-9,14,18H,5-7,10-12H2,1-4H3. The van der Waals surface area contributed by atoms with E-state index in [1.807, 2.05) is 7.05 Å². The maximum absolute atomic E-state index is 5.43. The van der Waals surface area contributed by atoms with Gasteiger partial charge in [-0.2, -0.15) is 0 Å². The van der Waals surface area contributed by atoms with Crippen LogP contribution in [0.3, 0.4) is 0 Å². The third kappa shape index (κ3) is 4.11. The van der Waals surface area contributed by atoms with Gasteiger partial charge in [0.05, 0.1) is 14.2 Å². The Morgan fingerprint density at radius 1 is 1.24 bits per heavy atom. The maximum Gasteiger partial charge on any atom is 0.161 e. The van der Waals surface area contributed by atoms with Crippen molar-refractivity contribution < 1.29 is 9.47 Å². The number of hydrogen-bond donors (Lipinski definition) is 1. The van der Waals surface area contributed by atoms with Gasteiger partial charge in [-0.3, -0.25) is 4.90 Å². The van der Waals surface area contributed by atoms with Crippen molar-refractivity contribution in [1.82, 2.24) is 10.2 Å². The van der Waals surface area contributed by atoms with Crippen LogP contribution in [0.25, 0.3) is 0 Å². The lowest BCUT2D eigenvalue weighted by molar-refractivity contribution is 0.166. The van der Waals surface area contributed by atoms with Crippen molar-refractivity contribution in [3.05, 3.63) is 23.3 Å². The molecule has 1 fully saturated rings. The molecular weight excluding hydrogens is 264 g/mol.